The van der Waals surface area contributed by atoms with Crippen LogP contribution in [0.15, 0.2) is 72.9 Å². The number of allylic oxidation sites excluding steroid dienone is 12. The number of carboxylic acids is 1. The molecular formula is C53H92NO10P. The highest BCUT2D eigenvalue weighted by Crippen LogP contribution is 2.43. The second kappa shape index (κ2) is 47.4. The second-order valence-corrected chi connectivity index (χ2v) is 18.4. The van der Waals surface area contributed by atoms with E-state index in [4.69, 9.17) is 24.8 Å². The largest absolute Gasteiger partial charge is 0.480 e. The van der Waals surface area contributed by atoms with E-state index in [0.29, 0.717) is 12.8 Å². The zero-order valence-corrected chi connectivity index (χ0v) is 41.7. The Bertz CT molecular complexity index is 1370. The number of aliphatic carboxylic acids is 1. The molecule has 0 radical (unpaired) electrons. The lowest BCUT2D eigenvalue weighted by Gasteiger charge is -2.20. The Hall–Kier alpha value is -3.08. The van der Waals surface area contributed by atoms with E-state index in [9.17, 15) is 23.8 Å². The quantitative estimate of drug-likeness (QED) is 0.0229. The maximum atomic E-state index is 12.7. The van der Waals surface area contributed by atoms with Crippen molar-refractivity contribution in [1.82, 2.24) is 0 Å². The van der Waals surface area contributed by atoms with Gasteiger partial charge in [-0.15, -0.1) is 0 Å². The van der Waals surface area contributed by atoms with Crippen molar-refractivity contribution in [2.75, 3.05) is 19.8 Å². The lowest BCUT2D eigenvalue weighted by molar-refractivity contribution is -0.161. The van der Waals surface area contributed by atoms with Crippen LogP contribution < -0.4 is 5.73 Å². The van der Waals surface area contributed by atoms with Crippen molar-refractivity contribution < 1.29 is 47.5 Å². The Morgan fingerprint density at radius 3 is 1.26 bits per heavy atom. The molecule has 0 amide bonds. The number of phosphoric ester groups is 1. The minimum absolute atomic E-state index is 0.0951. The lowest BCUT2D eigenvalue weighted by atomic mass is 10.0. The molecule has 0 aromatic rings. The normalized spacial score (nSPS) is 14.2. The van der Waals surface area contributed by atoms with E-state index in [0.717, 1.165) is 57.8 Å². The van der Waals surface area contributed by atoms with E-state index >= 15 is 0 Å². The molecule has 0 bridgehead atoms. The summed E-state index contributed by atoms with van der Waals surface area (Å²) in [5.41, 5.74) is 5.35. The maximum absolute atomic E-state index is 12.7. The number of phosphoric acid groups is 1. The topological polar surface area (TPSA) is 172 Å². The van der Waals surface area contributed by atoms with E-state index in [1.807, 2.05) is 12.2 Å². The van der Waals surface area contributed by atoms with Crippen LogP contribution in [0.3, 0.4) is 0 Å². The van der Waals surface area contributed by atoms with Crippen LogP contribution in [0.25, 0.3) is 0 Å². The molecule has 0 rings (SSSR count). The van der Waals surface area contributed by atoms with Gasteiger partial charge in [0, 0.05) is 12.8 Å². The van der Waals surface area contributed by atoms with E-state index in [2.05, 4.69) is 79.1 Å². The molecule has 4 N–H and O–H groups in total. The summed E-state index contributed by atoms with van der Waals surface area (Å²) in [6, 6.07) is -1.53. The van der Waals surface area contributed by atoms with E-state index in [-0.39, 0.29) is 19.4 Å². The first-order valence-corrected chi connectivity index (χ1v) is 27.0. The van der Waals surface area contributed by atoms with Gasteiger partial charge in [-0.25, -0.2) is 4.57 Å². The van der Waals surface area contributed by atoms with Crippen LogP contribution in [-0.4, -0.2) is 59.9 Å². The van der Waals surface area contributed by atoms with Gasteiger partial charge in [0.15, 0.2) is 6.10 Å². The monoisotopic (exact) mass is 934 g/mol. The summed E-state index contributed by atoms with van der Waals surface area (Å²) in [5.74, 6) is -2.48. The molecule has 0 aromatic heterocycles. The molecule has 65 heavy (non-hydrogen) atoms. The van der Waals surface area contributed by atoms with Crippen molar-refractivity contribution in [3.63, 3.8) is 0 Å². The number of hydrogen-bond acceptors (Lipinski definition) is 9. The molecule has 0 aliphatic carbocycles. The minimum atomic E-state index is -4.74. The van der Waals surface area contributed by atoms with Gasteiger partial charge in [0.25, 0.3) is 0 Å². The smallest absolute Gasteiger partial charge is 0.472 e. The van der Waals surface area contributed by atoms with Gasteiger partial charge in [0.05, 0.1) is 13.2 Å². The van der Waals surface area contributed by atoms with Crippen LogP contribution in [0.2, 0.25) is 0 Å². The Morgan fingerprint density at radius 1 is 0.492 bits per heavy atom. The van der Waals surface area contributed by atoms with E-state index in [1.54, 1.807) is 0 Å². The number of carbonyl (C=O) groups is 3. The molecule has 0 aliphatic heterocycles. The molecule has 0 spiro atoms. The van der Waals surface area contributed by atoms with E-state index < -0.39 is 51.1 Å². The number of carboxylic acid groups (broad SMARTS) is 1. The molecule has 0 saturated heterocycles. The number of nitrogens with two attached hydrogens (primary N) is 1. The fourth-order valence-electron chi connectivity index (χ4n) is 6.80. The first-order chi connectivity index (χ1) is 31.6. The minimum Gasteiger partial charge on any atom is -0.480 e. The van der Waals surface area contributed by atoms with Crippen molar-refractivity contribution in [2.45, 2.75) is 225 Å². The number of carbonyl (C=O) groups excluding carboxylic acids is 2. The zero-order valence-electron chi connectivity index (χ0n) is 40.8. The van der Waals surface area contributed by atoms with E-state index in [1.165, 1.54) is 116 Å². The van der Waals surface area contributed by atoms with Gasteiger partial charge < -0.3 is 25.2 Å². The Kier molecular flexibility index (Phi) is 45.2. The molecule has 1 unspecified atom stereocenters. The number of rotatable bonds is 47. The van der Waals surface area contributed by atoms with Crippen LogP contribution >= 0.6 is 7.82 Å². The Morgan fingerprint density at radius 2 is 0.862 bits per heavy atom. The average molecular weight is 934 g/mol. The highest BCUT2D eigenvalue weighted by atomic mass is 31.2. The van der Waals surface area contributed by atoms with Crippen LogP contribution in [0.4, 0.5) is 0 Å². The number of hydrogen-bond donors (Lipinski definition) is 3. The van der Waals surface area contributed by atoms with Crippen molar-refractivity contribution >= 4 is 25.7 Å². The number of unbranched alkanes of at least 4 members (excludes halogenated alkanes) is 21. The summed E-state index contributed by atoms with van der Waals surface area (Å²) in [6.45, 7) is 2.64. The molecule has 0 aromatic carbocycles. The standard InChI is InChI=1S/C53H92NO10P/c1-3-5-7-9-11-13-15-17-19-21-23-24-25-27-29-31-33-35-37-39-41-43-45-52(56)64-49(47-62-65(59,60)63-48-50(54)53(57)58)46-61-51(55)44-42-40-38-36-34-32-30-28-26-22-20-18-16-14-12-10-8-6-4-2/h6,8,12,14,18,20,26,28,32,34,38,40,49-50H,3-5,7,9-11,13,15-17,19,21-25,27,29-31,33,35-37,39,41-48,54H2,1-2H3,(H,57,58)(H,59,60)/b8-6+,14-12+,20-18+,28-26+,34-32+,40-38+/t49-,50+/m1/s1. The Balaban J connectivity index is 4.33. The van der Waals surface area contributed by atoms with Crippen molar-refractivity contribution in [1.29, 1.82) is 0 Å². The van der Waals surface area contributed by atoms with Gasteiger partial charge in [-0.1, -0.05) is 222 Å². The highest BCUT2D eigenvalue weighted by Gasteiger charge is 2.28. The summed E-state index contributed by atoms with van der Waals surface area (Å²) in [4.78, 5) is 46.1. The summed E-state index contributed by atoms with van der Waals surface area (Å²) in [7, 11) is -4.74. The van der Waals surface area contributed by atoms with Crippen LogP contribution in [0, 0.1) is 0 Å². The molecule has 3 atom stereocenters. The third kappa shape index (κ3) is 47.2. The van der Waals surface area contributed by atoms with Gasteiger partial charge in [0.1, 0.15) is 12.6 Å². The van der Waals surface area contributed by atoms with Crippen LogP contribution in [0.5, 0.6) is 0 Å². The van der Waals surface area contributed by atoms with Gasteiger partial charge in [-0.3, -0.25) is 23.4 Å². The molecule has 374 valence electrons. The molecule has 12 heteroatoms. The summed E-state index contributed by atoms with van der Waals surface area (Å²) < 4.78 is 32.8. The molecule has 0 saturated carbocycles. The fraction of sp³-hybridized carbons (Fsp3) is 0.717. The number of ether oxygens (including phenoxy) is 2. The lowest BCUT2D eigenvalue weighted by Crippen LogP contribution is -2.34. The van der Waals surface area contributed by atoms with Crippen LogP contribution in [-0.2, 0) is 37.5 Å². The third-order valence-corrected chi connectivity index (χ3v) is 11.7. The van der Waals surface area contributed by atoms with Crippen LogP contribution in [0.1, 0.15) is 213 Å². The number of esters is 2. The zero-order chi connectivity index (χ0) is 47.7. The predicted octanol–water partition coefficient (Wildman–Crippen LogP) is 14.5. The average Bonchev–Trinajstić information content (AvgIpc) is 3.28. The first-order valence-electron chi connectivity index (χ1n) is 25.5. The summed E-state index contributed by atoms with van der Waals surface area (Å²) in [5, 5.41) is 8.92. The molecule has 11 nitrogen and oxygen atoms in total. The maximum Gasteiger partial charge on any atom is 0.472 e. The first kappa shape index (κ1) is 61.9. The van der Waals surface area contributed by atoms with Crippen molar-refractivity contribution in [3.05, 3.63) is 72.9 Å². The summed E-state index contributed by atoms with van der Waals surface area (Å²) in [6.07, 6.45) is 58.4. The SMILES string of the molecule is CC/C=C/C/C=C/C/C=C/C/C=C/C/C=C/C/C=C/CCC(=O)OC[C@H](COP(=O)(O)OC[C@H](N)C(=O)O)OC(=O)CCCCCCCCCCCCCCCCCCCCCCCC. The second-order valence-electron chi connectivity index (χ2n) is 16.9. The van der Waals surface area contributed by atoms with Gasteiger partial charge in [-0.2, -0.15) is 0 Å². The molecule has 0 heterocycles. The molecule has 0 aliphatic rings. The highest BCUT2D eigenvalue weighted by molar-refractivity contribution is 7.47. The third-order valence-electron chi connectivity index (χ3n) is 10.7. The molecule has 0 fully saturated rings. The van der Waals surface area contributed by atoms with Gasteiger partial charge in [0.2, 0.25) is 0 Å². The predicted molar refractivity (Wildman–Crippen MR) is 267 cm³/mol. The molecular weight excluding hydrogens is 842 g/mol. The summed E-state index contributed by atoms with van der Waals surface area (Å²) >= 11 is 0. The van der Waals surface area contributed by atoms with Gasteiger partial charge >= 0.3 is 25.7 Å². The van der Waals surface area contributed by atoms with Crippen molar-refractivity contribution in [3.8, 4) is 0 Å². The fourth-order valence-corrected chi connectivity index (χ4v) is 7.58. The van der Waals surface area contributed by atoms with Gasteiger partial charge in [-0.05, 0) is 51.4 Å². The Labute approximate surface area is 395 Å². The van der Waals surface area contributed by atoms with Crippen molar-refractivity contribution in [2.24, 2.45) is 5.73 Å².